The van der Waals surface area contributed by atoms with Crippen LogP contribution in [0.15, 0.2) is 24.3 Å². The minimum atomic E-state index is -1.40. The number of carbonyl (C=O) groups is 1. The highest BCUT2D eigenvalue weighted by atomic mass is 19.1. The highest BCUT2D eigenvalue weighted by Crippen LogP contribution is 2.12. The monoisotopic (exact) mass is 182 g/mol. The smallest absolute Gasteiger partial charge is 0.193 e. The SMILES string of the molecule is CC(C)(O)C(=O)c1ccc(F)cc1. The molecule has 1 rings (SSSR count). The van der Waals surface area contributed by atoms with Crippen molar-refractivity contribution in [1.82, 2.24) is 0 Å². The number of aliphatic hydroxyl groups is 1. The first-order chi connectivity index (χ1) is 5.91. The van der Waals surface area contributed by atoms with Gasteiger partial charge in [0.2, 0.25) is 0 Å². The Bertz CT molecular complexity index is 309. The Kier molecular flexibility index (Phi) is 2.48. The molecule has 0 radical (unpaired) electrons. The Hall–Kier alpha value is -1.22. The van der Waals surface area contributed by atoms with E-state index in [1.165, 1.54) is 38.1 Å². The molecule has 0 amide bonds. The van der Waals surface area contributed by atoms with Crippen LogP contribution < -0.4 is 0 Å². The van der Waals surface area contributed by atoms with Gasteiger partial charge in [-0.3, -0.25) is 4.79 Å². The first-order valence-electron chi connectivity index (χ1n) is 3.94. The molecule has 13 heavy (non-hydrogen) atoms. The zero-order valence-electron chi connectivity index (χ0n) is 7.54. The molecular formula is C10H11FO2. The first-order valence-corrected chi connectivity index (χ1v) is 3.94. The number of hydrogen-bond acceptors (Lipinski definition) is 2. The van der Waals surface area contributed by atoms with E-state index >= 15 is 0 Å². The van der Waals surface area contributed by atoms with Crippen LogP contribution >= 0.6 is 0 Å². The van der Waals surface area contributed by atoms with Gasteiger partial charge in [0.1, 0.15) is 11.4 Å². The molecule has 1 aromatic rings. The molecular weight excluding hydrogens is 171 g/mol. The fourth-order valence-electron chi connectivity index (χ4n) is 0.954. The third-order valence-corrected chi connectivity index (χ3v) is 1.66. The van der Waals surface area contributed by atoms with Crippen molar-refractivity contribution in [3.8, 4) is 0 Å². The number of hydrogen-bond donors (Lipinski definition) is 1. The number of benzene rings is 1. The Morgan fingerprint density at radius 1 is 1.31 bits per heavy atom. The molecule has 0 bridgehead atoms. The Labute approximate surface area is 76.0 Å². The maximum absolute atomic E-state index is 12.5. The zero-order valence-corrected chi connectivity index (χ0v) is 7.54. The highest BCUT2D eigenvalue weighted by molar-refractivity contribution is 6.01. The average molecular weight is 182 g/mol. The summed E-state index contributed by atoms with van der Waals surface area (Å²) in [6.45, 7) is 2.80. The standard InChI is InChI=1S/C10H11FO2/c1-10(2,13)9(12)7-3-5-8(11)6-4-7/h3-6,13H,1-2H3. The van der Waals surface area contributed by atoms with Crippen LogP contribution in [-0.4, -0.2) is 16.5 Å². The van der Waals surface area contributed by atoms with Gasteiger partial charge in [0, 0.05) is 5.56 Å². The van der Waals surface area contributed by atoms with Gasteiger partial charge in [-0.25, -0.2) is 4.39 Å². The van der Waals surface area contributed by atoms with E-state index in [0.717, 1.165) is 0 Å². The Balaban J connectivity index is 2.97. The summed E-state index contributed by atoms with van der Waals surface area (Å²) >= 11 is 0. The van der Waals surface area contributed by atoms with E-state index in [1.54, 1.807) is 0 Å². The third kappa shape index (κ3) is 2.36. The van der Waals surface area contributed by atoms with Crippen LogP contribution in [-0.2, 0) is 0 Å². The second-order valence-corrected chi connectivity index (χ2v) is 3.40. The van der Waals surface area contributed by atoms with Gasteiger partial charge in [-0.15, -0.1) is 0 Å². The van der Waals surface area contributed by atoms with Gasteiger partial charge in [0.15, 0.2) is 5.78 Å². The summed E-state index contributed by atoms with van der Waals surface area (Å²) in [4.78, 5) is 11.4. The lowest BCUT2D eigenvalue weighted by Crippen LogP contribution is -2.30. The minimum Gasteiger partial charge on any atom is -0.382 e. The molecule has 0 saturated carbocycles. The Morgan fingerprint density at radius 2 is 1.77 bits per heavy atom. The summed E-state index contributed by atoms with van der Waals surface area (Å²) in [5.41, 5.74) is -1.09. The maximum Gasteiger partial charge on any atom is 0.193 e. The van der Waals surface area contributed by atoms with Crippen LogP contribution in [0, 0.1) is 5.82 Å². The molecule has 0 fully saturated rings. The van der Waals surface area contributed by atoms with Crippen molar-refractivity contribution in [1.29, 1.82) is 0 Å². The predicted molar refractivity (Wildman–Crippen MR) is 47.0 cm³/mol. The lowest BCUT2D eigenvalue weighted by molar-refractivity contribution is 0.0488. The molecule has 0 aliphatic carbocycles. The predicted octanol–water partition coefficient (Wildman–Crippen LogP) is 1.78. The molecule has 0 aromatic heterocycles. The quantitative estimate of drug-likeness (QED) is 0.708. The van der Waals surface area contributed by atoms with Crippen molar-refractivity contribution in [2.75, 3.05) is 0 Å². The number of rotatable bonds is 2. The van der Waals surface area contributed by atoms with Gasteiger partial charge in [0.05, 0.1) is 0 Å². The molecule has 2 nitrogen and oxygen atoms in total. The zero-order chi connectivity index (χ0) is 10.1. The second-order valence-electron chi connectivity index (χ2n) is 3.40. The van der Waals surface area contributed by atoms with E-state index in [1.807, 2.05) is 0 Å². The number of ketones is 1. The molecule has 0 aliphatic heterocycles. The molecule has 0 heterocycles. The van der Waals surface area contributed by atoms with Crippen molar-refractivity contribution >= 4 is 5.78 Å². The largest absolute Gasteiger partial charge is 0.382 e. The lowest BCUT2D eigenvalue weighted by atomic mass is 9.97. The summed E-state index contributed by atoms with van der Waals surface area (Å²) in [6, 6.07) is 5.10. The van der Waals surface area contributed by atoms with Crippen LogP contribution in [0.25, 0.3) is 0 Å². The van der Waals surface area contributed by atoms with Crippen molar-refractivity contribution in [3.63, 3.8) is 0 Å². The molecule has 3 heteroatoms. The molecule has 70 valence electrons. The van der Waals surface area contributed by atoms with Crippen LogP contribution in [0.2, 0.25) is 0 Å². The van der Waals surface area contributed by atoms with Crippen LogP contribution in [0.4, 0.5) is 4.39 Å². The number of halogens is 1. The van der Waals surface area contributed by atoms with Gasteiger partial charge in [-0.2, -0.15) is 0 Å². The van der Waals surface area contributed by atoms with Gasteiger partial charge < -0.3 is 5.11 Å². The van der Waals surface area contributed by atoms with E-state index < -0.39 is 17.2 Å². The van der Waals surface area contributed by atoms with E-state index in [0.29, 0.717) is 5.56 Å². The molecule has 0 atom stereocenters. The third-order valence-electron chi connectivity index (χ3n) is 1.66. The van der Waals surface area contributed by atoms with Crippen molar-refractivity contribution < 1.29 is 14.3 Å². The van der Waals surface area contributed by atoms with Crippen molar-refractivity contribution in [2.24, 2.45) is 0 Å². The molecule has 0 spiro atoms. The van der Waals surface area contributed by atoms with Gasteiger partial charge >= 0.3 is 0 Å². The normalized spacial score (nSPS) is 11.4. The number of Topliss-reactive ketones (excluding diaryl/α,β-unsaturated/α-hetero) is 1. The van der Waals surface area contributed by atoms with Crippen LogP contribution in [0.5, 0.6) is 0 Å². The molecule has 0 unspecified atom stereocenters. The van der Waals surface area contributed by atoms with Gasteiger partial charge in [-0.1, -0.05) is 0 Å². The molecule has 1 aromatic carbocycles. The maximum atomic E-state index is 12.5. The van der Waals surface area contributed by atoms with E-state index in [-0.39, 0.29) is 0 Å². The van der Waals surface area contributed by atoms with Crippen LogP contribution in [0.3, 0.4) is 0 Å². The fraction of sp³-hybridized carbons (Fsp3) is 0.300. The lowest BCUT2D eigenvalue weighted by Gasteiger charge is -2.14. The topological polar surface area (TPSA) is 37.3 Å². The second kappa shape index (κ2) is 3.26. The van der Waals surface area contributed by atoms with E-state index in [2.05, 4.69) is 0 Å². The summed E-state index contributed by atoms with van der Waals surface area (Å²) in [7, 11) is 0. The number of carbonyl (C=O) groups excluding carboxylic acids is 1. The fourth-order valence-corrected chi connectivity index (χ4v) is 0.954. The summed E-state index contributed by atoms with van der Waals surface area (Å²) in [6.07, 6.45) is 0. The summed E-state index contributed by atoms with van der Waals surface area (Å²) in [5, 5.41) is 9.37. The van der Waals surface area contributed by atoms with E-state index in [9.17, 15) is 14.3 Å². The summed E-state index contributed by atoms with van der Waals surface area (Å²) in [5.74, 6) is -0.806. The average Bonchev–Trinajstić information content (AvgIpc) is 2.03. The molecule has 0 aliphatic rings. The van der Waals surface area contributed by atoms with Crippen LogP contribution in [0.1, 0.15) is 24.2 Å². The van der Waals surface area contributed by atoms with E-state index in [4.69, 9.17) is 0 Å². The van der Waals surface area contributed by atoms with Gasteiger partial charge in [-0.05, 0) is 38.1 Å². The van der Waals surface area contributed by atoms with Crippen molar-refractivity contribution in [3.05, 3.63) is 35.6 Å². The first kappa shape index (κ1) is 9.86. The van der Waals surface area contributed by atoms with Crippen molar-refractivity contribution in [2.45, 2.75) is 19.4 Å². The Morgan fingerprint density at radius 3 is 2.15 bits per heavy atom. The minimum absolute atomic E-state index is 0.314. The molecule has 0 saturated heterocycles. The summed E-state index contributed by atoms with van der Waals surface area (Å²) < 4.78 is 12.5. The molecule has 1 N–H and O–H groups in total. The highest BCUT2D eigenvalue weighted by Gasteiger charge is 2.24. The van der Waals surface area contributed by atoms with Gasteiger partial charge in [0.25, 0.3) is 0 Å².